The number of aromatic nitrogens is 2. The number of benzene rings is 1. The summed E-state index contributed by atoms with van der Waals surface area (Å²) in [6.07, 6.45) is 0. The number of nitrogens with zero attached hydrogens (tertiary/aromatic N) is 1. The molecule has 4 heteroatoms. The largest absolute Gasteiger partial charge is 0.366 e. The van der Waals surface area contributed by atoms with Crippen molar-refractivity contribution in [2.45, 2.75) is 27.3 Å². The number of fused-ring (bicyclic) bond motifs is 1. The lowest BCUT2D eigenvalue weighted by atomic mass is 10.1. The third-order valence-electron chi connectivity index (χ3n) is 3.63. The highest BCUT2D eigenvalue weighted by Crippen LogP contribution is 2.14. The maximum Gasteiger partial charge on any atom is 0.253 e. The maximum absolute atomic E-state index is 12.2. The first-order valence-corrected chi connectivity index (χ1v) is 7.33. The van der Waals surface area contributed by atoms with Crippen LogP contribution in [0.4, 0.5) is 5.82 Å². The second-order valence-corrected chi connectivity index (χ2v) is 5.74. The van der Waals surface area contributed by atoms with Crippen LogP contribution in [0.2, 0.25) is 0 Å². The first kappa shape index (κ1) is 14.3. The third-order valence-corrected chi connectivity index (χ3v) is 3.63. The van der Waals surface area contributed by atoms with Gasteiger partial charge in [0, 0.05) is 23.3 Å². The van der Waals surface area contributed by atoms with Crippen LogP contribution in [0.5, 0.6) is 0 Å². The predicted molar refractivity (Wildman–Crippen MR) is 90.3 cm³/mol. The molecule has 2 N–H and O–H groups in total. The molecule has 3 aromatic rings. The minimum atomic E-state index is -0.0618. The molecule has 4 nitrogen and oxygen atoms in total. The molecule has 0 spiro atoms. The van der Waals surface area contributed by atoms with Gasteiger partial charge in [-0.15, -0.1) is 0 Å². The van der Waals surface area contributed by atoms with Gasteiger partial charge in [0.2, 0.25) is 0 Å². The van der Waals surface area contributed by atoms with Crippen molar-refractivity contribution < 1.29 is 0 Å². The topological polar surface area (TPSA) is 57.8 Å². The Labute approximate surface area is 129 Å². The van der Waals surface area contributed by atoms with Crippen LogP contribution in [0.1, 0.15) is 22.4 Å². The molecule has 0 bridgehead atoms. The van der Waals surface area contributed by atoms with Gasteiger partial charge in [-0.3, -0.25) is 4.79 Å². The molecule has 1 aromatic carbocycles. The van der Waals surface area contributed by atoms with E-state index in [9.17, 15) is 4.79 Å². The second-order valence-electron chi connectivity index (χ2n) is 5.74. The number of rotatable bonds is 3. The van der Waals surface area contributed by atoms with Crippen molar-refractivity contribution in [2.24, 2.45) is 0 Å². The Morgan fingerprint density at radius 1 is 1.05 bits per heavy atom. The Morgan fingerprint density at radius 3 is 2.64 bits per heavy atom. The summed E-state index contributed by atoms with van der Waals surface area (Å²) >= 11 is 0. The van der Waals surface area contributed by atoms with E-state index in [1.807, 2.05) is 51.1 Å². The molecule has 0 saturated carbocycles. The summed E-state index contributed by atoms with van der Waals surface area (Å²) in [4.78, 5) is 19.5. The standard InChI is InChI=1S/C18H19N3O/c1-11-4-5-16-14(7-11)9-15(18(22)21-16)10-19-17-8-12(2)6-13(3)20-17/h4-9H,10H2,1-3H3,(H,19,20)(H,21,22). The van der Waals surface area contributed by atoms with E-state index in [0.29, 0.717) is 12.1 Å². The van der Waals surface area contributed by atoms with Gasteiger partial charge in [0.15, 0.2) is 0 Å². The van der Waals surface area contributed by atoms with E-state index >= 15 is 0 Å². The Hall–Kier alpha value is -2.62. The van der Waals surface area contributed by atoms with E-state index < -0.39 is 0 Å². The Bertz CT molecular complexity index is 876. The van der Waals surface area contributed by atoms with E-state index in [4.69, 9.17) is 0 Å². The zero-order valence-electron chi connectivity index (χ0n) is 13.0. The van der Waals surface area contributed by atoms with Crippen LogP contribution in [0.3, 0.4) is 0 Å². The first-order valence-electron chi connectivity index (χ1n) is 7.33. The summed E-state index contributed by atoms with van der Waals surface area (Å²) in [5.74, 6) is 0.793. The summed E-state index contributed by atoms with van der Waals surface area (Å²) in [6.45, 7) is 6.49. The molecular formula is C18H19N3O. The van der Waals surface area contributed by atoms with E-state index in [1.165, 1.54) is 5.56 Å². The van der Waals surface area contributed by atoms with E-state index in [1.54, 1.807) is 0 Å². The van der Waals surface area contributed by atoms with Gasteiger partial charge in [0.25, 0.3) is 5.56 Å². The fraction of sp³-hybridized carbons (Fsp3) is 0.222. The Kier molecular flexibility index (Phi) is 3.67. The lowest BCUT2D eigenvalue weighted by Crippen LogP contribution is -2.16. The summed E-state index contributed by atoms with van der Waals surface area (Å²) in [6, 6.07) is 12.0. The monoisotopic (exact) mass is 293 g/mol. The molecule has 22 heavy (non-hydrogen) atoms. The quantitative estimate of drug-likeness (QED) is 0.777. The summed E-state index contributed by atoms with van der Waals surface area (Å²) in [7, 11) is 0. The molecule has 0 aliphatic rings. The average Bonchev–Trinajstić information content (AvgIpc) is 2.44. The van der Waals surface area contributed by atoms with Crippen molar-refractivity contribution >= 4 is 16.7 Å². The van der Waals surface area contributed by atoms with Crippen molar-refractivity contribution in [3.63, 3.8) is 0 Å². The fourth-order valence-electron chi connectivity index (χ4n) is 2.62. The van der Waals surface area contributed by atoms with Crippen LogP contribution in [0.15, 0.2) is 41.2 Å². The molecule has 0 amide bonds. The molecule has 0 radical (unpaired) electrons. The second kappa shape index (κ2) is 5.64. The summed E-state index contributed by atoms with van der Waals surface area (Å²) in [5, 5.41) is 4.28. The number of anilines is 1. The van der Waals surface area contributed by atoms with Gasteiger partial charge >= 0.3 is 0 Å². The number of pyridine rings is 2. The van der Waals surface area contributed by atoms with Crippen LogP contribution in [-0.2, 0) is 6.54 Å². The number of hydrogen-bond donors (Lipinski definition) is 2. The van der Waals surface area contributed by atoms with Crippen molar-refractivity contribution in [3.05, 3.63) is 69.1 Å². The highest BCUT2D eigenvalue weighted by Gasteiger charge is 2.04. The van der Waals surface area contributed by atoms with E-state index in [-0.39, 0.29) is 5.56 Å². The van der Waals surface area contributed by atoms with Crippen LogP contribution in [0.25, 0.3) is 10.9 Å². The van der Waals surface area contributed by atoms with Gasteiger partial charge in [0.05, 0.1) is 0 Å². The van der Waals surface area contributed by atoms with Crippen molar-refractivity contribution in [2.75, 3.05) is 5.32 Å². The number of H-pyrrole nitrogens is 1. The van der Waals surface area contributed by atoms with Crippen molar-refractivity contribution in [1.29, 1.82) is 0 Å². The molecular weight excluding hydrogens is 274 g/mol. The molecule has 0 saturated heterocycles. The van der Waals surface area contributed by atoms with E-state index in [2.05, 4.69) is 21.4 Å². The normalized spacial score (nSPS) is 10.9. The highest BCUT2D eigenvalue weighted by atomic mass is 16.1. The van der Waals surface area contributed by atoms with Gasteiger partial charge < -0.3 is 10.3 Å². The van der Waals surface area contributed by atoms with Gasteiger partial charge in [-0.1, -0.05) is 11.6 Å². The molecule has 0 fully saturated rings. The molecule has 0 aliphatic heterocycles. The van der Waals surface area contributed by atoms with Crippen molar-refractivity contribution in [1.82, 2.24) is 9.97 Å². The average molecular weight is 293 g/mol. The van der Waals surface area contributed by atoms with Crippen LogP contribution in [0, 0.1) is 20.8 Å². The third kappa shape index (κ3) is 3.01. The molecule has 0 atom stereocenters. The van der Waals surface area contributed by atoms with E-state index in [0.717, 1.165) is 28.0 Å². The first-order chi connectivity index (χ1) is 10.5. The number of aryl methyl sites for hydroxylation is 3. The van der Waals surface area contributed by atoms with Gasteiger partial charge in [-0.25, -0.2) is 4.98 Å². The zero-order chi connectivity index (χ0) is 15.7. The molecule has 0 unspecified atom stereocenters. The predicted octanol–water partition coefficient (Wildman–Crippen LogP) is 3.46. The van der Waals surface area contributed by atoms with Crippen LogP contribution < -0.4 is 10.9 Å². The van der Waals surface area contributed by atoms with Crippen LogP contribution in [-0.4, -0.2) is 9.97 Å². The SMILES string of the molecule is Cc1cc(C)nc(NCc2cc3cc(C)ccc3[nH]c2=O)c1. The van der Waals surface area contributed by atoms with Crippen molar-refractivity contribution in [3.8, 4) is 0 Å². The molecule has 2 aromatic heterocycles. The lowest BCUT2D eigenvalue weighted by molar-refractivity contribution is 1.05. The van der Waals surface area contributed by atoms with Crippen LogP contribution >= 0.6 is 0 Å². The summed E-state index contributed by atoms with van der Waals surface area (Å²) in [5.41, 5.74) is 4.80. The Morgan fingerprint density at radius 2 is 1.86 bits per heavy atom. The summed E-state index contributed by atoms with van der Waals surface area (Å²) < 4.78 is 0. The number of hydrogen-bond acceptors (Lipinski definition) is 3. The number of aromatic amines is 1. The smallest absolute Gasteiger partial charge is 0.253 e. The van der Waals surface area contributed by atoms with Gasteiger partial charge in [-0.05, 0) is 62.1 Å². The highest BCUT2D eigenvalue weighted by molar-refractivity contribution is 5.79. The number of nitrogens with one attached hydrogen (secondary N) is 2. The molecule has 3 rings (SSSR count). The fourth-order valence-corrected chi connectivity index (χ4v) is 2.62. The maximum atomic E-state index is 12.2. The minimum Gasteiger partial charge on any atom is -0.366 e. The molecule has 112 valence electrons. The van der Waals surface area contributed by atoms with Gasteiger partial charge in [-0.2, -0.15) is 0 Å². The molecule has 0 aliphatic carbocycles. The molecule has 2 heterocycles. The Balaban J connectivity index is 1.90. The lowest BCUT2D eigenvalue weighted by Gasteiger charge is -2.08. The van der Waals surface area contributed by atoms with Gasteiger partial charge in [0.1, 0.15) is 5.82 Å². The minimum absolute atomic E-state index is 0.0618. The zero-order valence-corrected chi connectivity index (χ0v) is 13.0.